The molecule has 1 aromatic rings. The summed E-state index contributed by atoms with van der Waals surface area (Å²) in [4.78, 5) is 22.7. The Kier molecular flexibility index (Phi) is 4.76. The molecule has 0 bridgehead atoms. The number of aliphatic carboxylic acids is 1. The van der Waals surface area contributed by atoms with Crippen LogP contribution in [0.4, 0.5) is 10.5 Å². The van der Waals surface area contributed by atoms with Gasteiger partial charge in [0.2, 0.25) is 0 Å². The molecule has 1 rings (SSSR count). The van der Waals surface area contributed by atoms with Gasteiger partial charge in [0.05, 0.1) is 6.42 Å². The van der Waals surface area contributed by atoms with Crippen LogP contribution >= 0.6 is 0 Å². The Morgan fingerprint density at radius 1 is 1.15 bits per heavy atom. The second-order valence-corrected chi connectivity index (χ2v) is 5.81. The van der Waals surface area contributed by atoms with E-state index in [2.05, 4.69) is 10.6 Å². The van der Waals surface area contributed by atoms with Crippen molar-refractivity contribution in [2.75, 3.05) is 5.32 Å². The molecule has 0 aliphatic rings. The van der Waals surface area contributed by atoms with Crippen molar-refractivity contribution in [3.05, 3.63) is 28.8 Å². The fraction of sp³-hybridized carbons (Fsp3) is 0.467. The van der Waals surface area contributed by atoms with Crippen LogP contribution in [0.3, 0.4) is 0 Å². The summed E-state index contributed by atoms with van der Waals surface area (Å²) in [7, 11) is 0. The van der Waals surface area contributed by atoms with Crippen LogP contribution in [0.1, 0.15) is 37.0 Å². The van der Waals surface area contributed by atoms with E-state index in [1.807, 2.05) is 32.9 Å². The number of hydrogen-bond acceptors (Lipinski definition) is 2. The molecule has 0 radical (unpaired) electrons. The van der Waals surface area contributed by atoms with E-state index < -0.39 is 17.5 Å². The Hall–Kier alpha value is -2.04. The first-order chi connectivity index (χ1) is 9.10. The van der Waals surface area contributed by atoms with E-state index in [4.69, 9.17) is 5.11 Å². The summed E-state index contributed by atoms with van der Waals surface area (Å²) in [6.45, 7) is 9.21. The normalized spacial score (nSPS) is 11.1. The Balaban J connectivity index is 2.79. The summed E-state index contributed by atoms with van der Waals surface area (Å²) in [5, 5.41) is 14.3. The number of aryl methyl sites for hydroxylation is 3. The smallest absolute Gasteiger partial charge is 0.319 e. The Bertz CT molecular complexity index is 513. The van der Waals surface area contributed by atoms with Gasteiger partial charge in [-0.05, 0) is 45.7 Å². The maximum Gasteiger partial charge on any atom is 0.319 e. The number of hydrogen-bond donors (Lipinski definition) is 3. The summed E-state index contributed by atoms with van der Waals surface area (Å²) in [5.74, 6) is -0.946. The summed E-state index contributed by atoms with van der Waals surface area (Å²) >= 11 is 0. The molecule has 0 aliphatic carbocycles. The number of anilines is 1. The second-order valence-electron chi connectivity index (χ2n) is 5.81. The molecule has 0 saturated carbocycles. The van der Waals surface area contributed by atoms with Crippen molar-refractivity contribution in [3.63, 3.8) is 0 Å². The van der Waals surface area contributed by atoms with Crippen LogP contribution in [0.2, 0.25) is 0 Å². The molecule has 5 nitrogen and oxygen atoms in total. The Morgan fingerprint density at radius 2 is 1.65 bits per heavy atom. The van der Waals surface area contributed by atoms with E-state index in [0.29, 0.717) is 0 Å². The van der Waals surface area contributed by atoms with Gasteiger partial charge in [0, 0.05) is 11.2 Å². The molecule has 0 heterocycles. The Morgan fingerprint density at radius 3 is 2.10 bits per heavy atom. The third kappa shape index (κ3) is 4.57. The molecule has 0 fully saturated rings. The lowest BCUT2D eigenvalue weighted by Gasteiger charge is -2.25. The number of benzene rings is 1. The molecular formula is C15H22N2O3. The zero-order valence-corrected chi connectivity index (χ0v) is 12.6. The van der Waals surface area contributed by atoms with Crippen LogP contribution in [0.25, 0.3) is 0 Å². The topological polar surface area (TPSA) is 78.4 Å². The number of nitrogens with one attached hydrogen (secondary N) is 2. The van der Waals surface area contributed by atoms with E-state index in [9.17, 15) is 9.59 Å². The highest BCUT2D eigenvalue weighted by atomic mass is 16.4. The number of urea groups is 1. The molecule has 0 aliphatic heterocycles. The van der Waals surface area contributed by atoms with Crippen molar-refractivity contribution in [1.82, 2.24) is 5.32 Å². The average Bonchev–Trinajstić information content (AvgIpc) is 2.20. The molecule has 0 unspecified atom stereocenters. The molecule has 5 heteroatoms. The van der Waals surface area contributed by atoms with Gasteiger partial charge in [-0.15, -0.1) is 0 Å². The van der Waals surface area contributed by atoms with Crippen molar-refractivity contribution in [3.8, 4) is 0 Å². The van der Waals surface area contributed by atoms with Crippen molar-refractivity contribution in [1.29, 1.82) is 0 Å². The van der Waals surface area contributed by atoms with Crippen LogP contribution in [0.15, 0.2) is 12.1 Å². The first kappa shape index (κ1) is 16.0. The van der Waals surface area contributed by atoms with Crippen LogP contribution < -0.4 is 10.6 Å². The molecule has 3 N–H and O–H groups in total. The van der Waals surface area contributed by atoms with Crippen molar-refractivity contribution >= 4 is 17.7 Å². The largest absolute Gasteiger partial charge is 0.481 e. The number of carbonyl (C=O) groups is 2. The number of rotatable bonds is 4. The van der Waals surface area contributed by atoms with Crippen LogP contribution in [-0.4, -0.2) is 22.6 Å². The average molecular weight is 278 g/mol. The minimum atomic E-state index is -0.946. The van der Waals surface area contributed by atoms with Gasteiger partial charge in [0.1, 0.15) is 0 Å². The van der Waals surface area contributed by atoms with Gasteiger partial charge in [-0.25, -0.2) is 4.79 Å². The predicted octanol–water partition coefficient (Wildman–Crippen LogP) is 2.99. The molecule has 1 aromatic carbocycles. The van der Waals surface area contributed by atoms with Crippen LogP contribution in [0, 0.1) is 20.8 Å². The minimum Gasteiger partial charge on any atom is -0.481 e. The van der Waals surface area contributed by atoms with Gasteiger partial charge in [-0.1, -0.05) is 17.7 Å². The third-order valence-electron chi connectivity index (χ3n) is 2.96. The quantitative estimate of drug-likeness (QED) is 0.792. The number of carboxylic acid groups (broad SMARTS) is 1. The first-order valence-electron chi connectivity index (χ1n) is 6.49. The van der Waals surface area contributed by atoms with E-state index in [1.54, 1.807) is 13.8 Å². The number of carbonyl (C=O) groups excluding carboxylic acids is 1. The first-order valence-corrected chi connectivity index (χ1v) is 6.49. The van der Waals surface area contributed by atoms with Crippen molar-refractivity contribution in [2.45, 2.75) is 46.6 Å². The summed E-state index contributed by atoms with van der Waals surface area (Å²) in [5.41, 5.74) is 3.06. The highest BCUT2D eigenvalue weighted by molar-refractivity contribution is 5.91. The second kappa shape index (κ2) is 5.94. The number of amides is 2. The summed E-state index contributed by atoms with van der Waals surface area (Å²) < 4.78 is 0. The zero-order valence-electron chi connectivity index (χ0n) is 12.6. The highest BCUT2D eigenvalue weighted by Crippen LogP contribution is 2.22. The Labute approximate surface area is 119 Å². The molecule has 2 amide bonds. The predicted molar refractivity (Wildman–Crippen MR) is 79.1 cm³/mol. The molecule has 0 aromatic heterocycles. The minimum absolute atomic E-state index is 0.133. The van der Waals surface area contributed by atoms with Gasteiger partial charge >= 0.3 is 12.0 Å². The number of carboxylic acids is 1. The maximum atomic E-state index is 12.0. The van der Waals surface area contributed by atoms with E-state index >= 15 is 0 Å². The fourth-order valence-electron chi connectivity index (χ4n) is 2.25. The SMILES string of the molecule is Cc1cc(C)c(NC(=O)NC(C)(C)CC(=O)O)c(C)c1. The standard InChI is InChI=1S/C15H22N2O3/c1-9-6-10(2)13(11(3)7-9)16-14(20)17-15(4,5)8-12(18)19/h6-7H,8H2,1-5H3,(H,18,19)(H2,16,17,20). The van der Waals surface area contributed by atoms with Gasteiger partial charge < -0.3 is 15.7 Å². The lowest BCUT2D eigenvalue weighted by Crippen LogP contribution is -2.47. The highest BCUT2D eigenvalue weighted by Gasteiger charge is 2.24. The van der Waals surface area contributed by atoms with Gasteiger partial charge in [-0.2, -0.15) is 0 Å². The van der Waals surface area contributed by atoms with E-state index in [0.717, 1.165) is 22.4 Å². The van der Waals surface area contributed by atoms with Gasteiger partial charge in [0.25, 0.3) is 0 Å². The lowest BCUT2D eigenvalue weighted by molar-refractivity contribution is -0.138. The van der Waals surface area contributed by atoms with Crippen molar-refractivity contribution < 1.29 is 14.7 Å². The lowest BCUT2D eigenvalue weighted by atomic mass is 10.0. The fourth-order valence-corrected chi connectivity index (χ4v) is 2.25. The monoisotopic (exact) mass is 278 g/mol. The molecule has 110 valence electrons. The van der Waals surface area contributed by atoms with Gasteiger partial charge in [0.15, 0.2) is 0 Å². The summed E-state index contributed by atoms with van der Waals surface area (Å²) in [6, 6.07) is 3.59. The molecule has 0 spiro atoms. The van der Waals surface area contributed by atoms with Crippen molar-refractivity contribution in [2.24, 2.45) is 0 Å². The van der Waals surface area contributed by atoms with Gasteiger partial charge in [-0.3, -0.25) is 4.79 Å². The third-order valence-corrected chi connectivity index (χ3v) is 2.96. The van der Waals surface area contributed by atoms with Crippen LogP contribution in [0.5, 0.6) is 0 Å². The van der Waals surface area contributed by atoms with Crippen LogP contribution in [-0.2, 0) is 4.79 Å². The summed E-state index contributed by atoms with van der Waals surface area (Å²) in [6.07, 6.45) is -0.133. The molecular weight excluding hydrogens is 256 g/mol. The molecule has 0 atom stereocenters. The maximum absolute atomic E-state index is 12.0. The molecule has 0 saturated heterocycles. The van der Waals surface area contributed by atoms with E-state index in [-0.39, 0.29) is 6.42 Å². The van der Waals surface area contributed by atoms with E-state index in [1.165, 1.54) is 0 Å². The molecule has 20 heavy (non-hydrogen) atoms. The zero-order chi connectivity index (χ0) is 15.5.